The molecule has 146 valence electrons. The quantitative estimate of drug-likeness (QED) is 0.414. The number of piperidine rings is 1. The molecule has 4 rings (SSSR count). The normalized spacial score (nSPS) is 24.2. The third-order valence-corrected chi connectivity index (χ3v) is 6.16. The Morgan fingerprint density at radius 2 is 2.07 bits per heavy atom. The van der Waals surface area contributed by atoms with Crippen LogP contribution >= 0.6 is 24.0 Å². The van der Waals surface area contributed by atoms with Crippen molar-refractivity contribution in [1.29, 1.82) is 0 Å². The molecule has 5 nitrogen and oxygen atoms in total. The van der Waals surface area contributed by atoms with Crippen LogP contribution < -0.4 is 5.32 Å². The lowest BCUT2D eigenvalue weighted by molar-refractivity contribution is 0.189. The molecule has 1 aromatic carbocycles. The first-order valence-electron chi connectivity index (χ1n) is 9.70. The second-order valence-electron chi connectivity index (χ2n) is 7.84. The van der Waals surface area contributed by atoms with E-state index in [9.17, 15) is 0 Å². The van der Waals surface area contributed by atoms with E-state index in [1.807, 2.05) is 19.6 Å². The fourth-order valence-electron chi connectivity index (χ4n) is 4.19. The van der Waals surface area contributed by atoms with Gasteiger partial charge in [0.15, 0.2) is 5.96 Å². The fourth-order valence-corrected chi connectivity index (χ4v) is 4.19. The van der Waals surface area contributed by atoms with E-state index in [0.29, 0.717) is 17.4 Å². The molecule has 1 aliphatic carbocycles. The summed E-state index contributed by atoms with van der Waals surface area (Å²) in [5.41, 5.74) is 1.75. The van der Waals surface area contributed by atoms with Gasteiger partial charge in [0.2, 0.25) is 0 Å². The second kappa shape index (κ2) is 8.63. The van der Waals surface area contributed by atoms with Gasteiger partial charge in [0.25, 0.3) is 0 Å². The Balaban J connectivity index is 0.00000210. The van der Waals surface area contributed by atoms with Crippen molar-refractivity contribution >= 4 is 29.9 Å². The number of rotatable bonds is 4. The molecule has 1 aliphatic heterocycles. The SMILES string of the molecule is CN=C(NCC1(c2ccccc2)CC1)N1CCC(C)C(n2ccnc2)C1.I. The number of benzene rings is 1. The van der Waals surface area contributed by atoms with E-state index in [1.54, 1.807) is 0 Å². The third kappa shape index (κ3) is 4.31. The van der Waals surface area contributed by atoms with Crippen molar-refractivity contribution in [3.63, 3.8) is 0 Å². The average Bonchev–Trinajstić information content (AvgIpc) is 3.28. The highest BCUT2D eigenvalue weighted by Crippen LogP contribution is 2.47. The van der Waals surface area contributed by atoms with Crippen molar-refractivity contribution in [3.05, 3.63) is 54.6 Å². The highest BCUT2D eigenvalue weighted by molar-refractivity contribution is 14.0. The van der Waals surface area contributed by atoms with Gasteiger partial charge in [0.05, 0.1) is 12.4 Å². The number of guanidine groups is 1. The first kappa shape index (κ1) is 20.2. The molecule has 2 fully saturated rings. The highest BCUT2D eigenvalue weighted by atomic mass is 127. The first-order valence-corrected chi connectivity index (χ1v) is 9.70. The van der Waals surface area contributed by atoms with Crippen LogP contribution in [-0.2, 0) is 5.41 Å². The summed E-state index contributed by atoms with van der Waals surface area (Å²) in [6, 6.07) is 11.4. The van der Waals surface area contributed by atoms with Gasteiger partial charge in [-0.15, -0.1) is 24.0 Å². The zero-order valence-corrected chi connectivity index (χ0v) is 18.5. The van der Waals surface area contributed by atoms with Crippen LogP contribution in [0.3, 0.4) is 0 Å². The molecule has 0 amide bonds. The summed E-state index contributed by atoms with van der Waals surface area (Å²) in [5.74, 6) is 1.68. The number of likely N-dealkylation sites (tertiary alicyclic amines) is 1. The molecule has 2 unspecified atom stereocenters. The van der Waals surface area contributed by atoms with Crippen molar-refractivity contribution < 1.29 is 0 Å². The molecule has 1 saturated carbocycles. The smallest absolute Gasteiger partial charge is 0.193 e. The van der Waals surface area contributed by atoms with Crippen molar-refractivity contribution in [2.24, 2.45) is 10.9 Å². The largest absolute Gasteiger partial charge is 0.355 e. The lowest BCUT2D eigenvalue weighted by atomic mass is 9.93. The minimum absolute atomic E-state index is 0. The van der Waals surface area contributed by atoms with Gasteiger partial charge >= 0.3 is 0 Å². The van der Waals surface area contributed by atoms with Crippen LogP contribution in [0.5, 0.6) is 0 Å². The van der Waals surface area contributed by atoms with Gasteiger partial charge in [-0.1, -0.05) is 37.3 Å². The number of imidazole rings is 1. The Hall–Kier alpha value is -1.57. The number of halogens is 1. The molecule has 0 bridgehead atoms. The monoisotopic (exact) mass is 479 g/mol. The first-order chi connectivity index (χ1) is 12.7. The predicted octanol–water partition coefficient (Wildman–Crippen LogP) is 3.69. The minimum atomic E-state index is 0. The molecular formula is C21H30IN5. The predicted molar refractivity (Wildman–Crippen MR) is 121 cm³/mol. The number of nitrogens with zero attached hydrogens (tertiary/aromatic N) is 4. The van der Waals surface area contributed by atoms with Gasteiger partial charge in [-0.25, -0.2) is 4.98 Å². The molecule has 1 saturated heterocycles. The highest BCUT2D eigenvalue weighted by Gasteiger charge is 2.44. The lowest BCUT2D eigenvalue weighted by Gasteiger charge is -2.39. The number of hydrogen-bond acceptors (Lipinski definition) is 2. The number of aliphatic imine (C=N–C) groups is 1. The molecule has 1 N–H and O–H groups in total. The molecule has 2 aliphatic rings. The zero-order chi connectivity index (χ0) is 18.0. The third-order valence-electron chi connectivity index (χ3n) is 6.16. The molecule has 1 aromatic heterocycles. The summed E-state index contributed by atoms with van der Waals surface area (Å²) in [6.45, 7) is 5.35. The fraction of sp³-hybridized carbons (Fsp3) is 0.524. The van der Waals surface area contributed by atoms with E-state index in [0.717, 1.165) is 25.6 Å². The van der Waals surface area contributed by atoms with Crippen LogP contribution in [0.2, 0.25) is 0 Å². The Labute approximate surface area is 179 Å². The number of nitrogens with one attached hydrogen (secondary N) is 1. The van der Waals surface area contributed by atoms with E-state index < -0.39 is 0 Å². The summed E-state index contributed by atoms with van der Waals surface area (Å²) in [7, 11) is 1.90. The maximum atomic E-state index is 4.58. The topological polar surface area (TPSA) is 45.5 Å². The van der Waals surface area contributed by atoms with E-state index >= 15 is 0 Å². The summed E-state index contributed by atoms with van der Waals surface area (Å²) in [6.07, 6.45) is 9.58. The van der Waals surface area contributed by atoms with Gasteiger partial charge in [-0.05, 0) is 30.7 Å². The number of aromatic nitrogens is 2. The minimum Gasteiger partial charge on any atom is -0.355 e. The van der Waals surface area contributed by atoms with Crippen LogP contribution in [0.25, 0.3) is 0 Å². The van der Waals surface area contributed by atoms with Crippen LogP contribution in [0.4, 0.5) is 0 Å². The van der Waals surface area contributed by atoms with Gasteiger partial charge in [0.1, 0.15) is 0 Å². The Kier molecular flexibility index (Phi) is 6.44. The van der Waals surface area contributed by atoms with Gasteiger partial charge < -0.3 is 14.8 Å². The van der Waals surface area contributed by atoms with Crippen LogP contribution in [0.1, 0.15) is 37.8 Å². The molecule has 2 heterocycles. The molecule has 0 radical (unpaired) electrons. The zero-order valence-electron chi connectivity index (χ0n) is 16.2. The van der Waals surface area contributed by atoms with Crippen LogP contribution in [0, 0.1) is 5.92 Å². The van der Waals surface area contributed by atoms with Gasteiger partial charge in [0, 0.05) is 44.5 Å². The Morgan fingerprint density at radius 3 is 2.70 bits per heavy atom. The van der Waals surface area contributed by atoms with Crippen molar-refractivity contribution in [1.82, 2.24) is 19.8 Å². The van der Waals surface area contributed by atoms with E-state index in [4.69, 9.17) is 0 Å². The summed E-state index contributed by atoms with van der Waals surface area (Å²) < 4.78 is 2.25. The summed E-state index contributed by atoms with van der Waals surface area (Å²) in [5, 5.41) is 3.67. The standard InChI is InChI=1S/C21H29N5.HI/c1-17-8-12-25(14-19(17)26-13-11-23-16-26)20(22-2)24-15-21(9-10-21)18-6-4-3-5-7-18;/h3-7,11,13,16-17,19H,8-10,12,14-15H2,1-2H3,(H,22,24);1H. The Morgan fingerprint density at radius 1 is 1.30 bits per heavy atom. The van der Waals surface area contributed by atoms with Crippen LogP contribution in [-0.4, -0.2) is 47.1 Å². The summed E-state index contributed by atoms with van der Waals surface area (Å²) in [4.78, 5) is 11.2. The van der Waals surface area contributed by atoms with Crippen molar-refractivity contribution in [2.75, 3.05) is 26.7 Å². The second-order valence-corrected chi connectivity index (χ2v) is 7.84. The number of hydrogen-bond donors (Lipinski definition) is 1. The van der Waals surface area contributed by atoms with E-state index in [1.165, 1.54) is 24.8 Å². The van der Waals surface area contributed by atoms with Crippen molar-refractivity contribution in [3.8, 4) is 0 Å². The summed E-state index contributed by atoms with van der Waals surface area (Å²) >= 11 is 0. The molecular weight excluding hydrogens is 449 g/mol. The van der Waals surface area contributed by atoms with Gasteiger partial charge in [-0.3, -0.25) is 4.99 Å². The molecule has 27 heavy (non-hydrogen) atoms. The molecule has 2 atom stereocenters. The van der Waals surface area contributed by atoms with Crippen LogP contribution in [0.15, 0.2) is 54.0 Å². The maximum absolute atomic E-state index is 4.58. The average molecular weight is 479 g/mol. The van der Waals surface area contributed by atoms with E-state index in [-0.39, 0.29) is 24.0 Å². The molecule has 2 aromatic rings. The lowest BCUT2D eigenvalue weighted by Crippen LogP contribution is -2.50. The van der Waals surface area contributed by atoms with Gasteiger partial charge in [-0.2, -0.15) is 0 Å². The van der Waals surface area contributed by atoms with Crippen molar-refractivity contribution in [2.45, 2.75) is 37.6 Å². The maximum Gasteiger partial charge on any atom is 0.193 e. The van der Waals surface area contributed by atoms with E-state index in [2.05, 4.69) is 68.2 Å². The molecule has 6 heteroatoms. The molecule has 0 spiro atoms. The Bertz CT molecular complexity index is 739.